The number of carbonyl (C=O) groups excluding carboxylic acids is 1. The monoisotopic (exact) mass is 838 g/mol. The van der Waals surface area contributed by atoms with Crippen LogP contribution in [0.1, 0.15) is 44.6 Å². The fraction of sp³-hybridized carbons (Fsp3) is 0.469. The van der Waals surface area contributed by atoms with Crippen molar-refractivity contribution >= 4 is 79.9 Å². The van der Waals surface area contributed by atoms with E-state index in [0.29, 0.717) is 42.2 Å². The van der Waals surface area contributed by atoms with E-state index in [1.807, 2.05) is 45.3 Å². The van der Waals surface area contributed by atoms with Gasteiger partial charge >= 0.3 is 6.01 Å². The minimum atomic E-state index is -0.550. The summed E-state index contributed by atoms with van der Waals surface area (Å²) in [4.78, 5) is 37.6. The number of aromatic nitrogens is 3. The summed E-state index contributed by atoms with van der Waals surface area (Å²) < 4.78 is 25.0. The summed E-state index contributed by atoms with van der Waals surface area (Å²) in [6.07, 6.45) is 8.18. The number of anilines is 1. The van der Waals surface area contributed by atoms with E-state index in [9.17, 15) is 4.79 Å². The SMILES string of the molecule is C=CC(=O)N1CCC(N(C)c2nc(OCC34CCCN3CCC4)nc3c(F)c(-c4cccc(C)c4N=C(C)N(I)I)ncc23)C1. The third-order valence-electron chi connectivity index (χ3n) is 9.47. The van der Waals surface area contributed by atoms with Crippen molar-refractivity contribution in [3.8, 4) is 17.3 Å². The molecule has 0 saturated carbocycles. The maximum absolute atomic E-state index is 16.8. The highest BCUT2D eigenvalue weighted by atomic mass is 127. The van der Waals surface area contributed by atoms with Gasteiger partial charge < -0.3 is 14.5 Å². The molecule has 1 aromatic carbocycles. The molecule has 0 spiro atoms. The minimum absolute atomic E-state index is 0.0130. The van der Waals surface area contributed by atoms with Crippen LogP contribution < -0.4 is 9.64 Å². The fourth-order valence-electron chi connectivity index (χ4n) is 6.96. The summed E-state index contributed by atoms with van der Waals surface area (Å²) in [5.74, 6) is 0.646. The Morgan fingerprint density at radius 1 is 1.24 bits per heavy atom. The number of aliphatic imine (C=N–C) groups is 1. The van der Waals surface area contributed by atoms with Crippen LogP contribution in [0.4, 0.5) is 15.9 Å². The first-order valence-electron chi connectivity index (χ1n) is 15.3. The van der Waals surface area contributed by atoms with Crippen LogP contribution in [0, 0.1) is 12.7 Å². The number of hydrogen-bond donors (Lipinski definition) is 0. The second-order valence-electron chi connectivity index (χ2n) is 12.1. The van der Waals surface area contributed by atoms with Gasteiger partial charge in [-0.15, -0.1) is 0 Å². The number of likely N-dealkylation sites (tertiary alicyclic amines) is 1. The standard InChI is InChI=1S/C32H37FI2N8O2/c1-5-25(44)41-16-11-22(18-41)40(4)30-24-17-36-28(23-10-6-9-20(2)27(23)37-21(3)43(34)35)26(33)29(24)38-31(39-30)45-19-32-12-7-14-42(32)15-8-13-32/h5-6,9-10,17,22H,1,7-8,11-16,18-19H2,2-4H3. The van der Waals surface area contributed by atoms with Crippen molar-refractivity contribution in [2.24, 2.45) is 4.99 Å². The van der Waals surface area contributed by atoms with Crippen LogP contribution in [0.25, 0.3) is 22.2 Å². The topological polar surface area (TPSA) is 90.3 Å². The van der Waals surface area contributed by atoms with Crippen molar-refractivity contribution in [2.75, 3.05) is 44.7 Å². The average Bonchev–Trinajstić information content (AvgIpc) is 3.77. The largest absolute Gasteiger partial charge is 0.461 e. The van der Waals surface area contributed by atoms with E-state index >= 15 is 4.39 Å². The summed E-state index contributed by atoms with van der Waals surface area (Å²) >= 11 is 4.30. The zero-order valence-electron chi connectivity index (χ0n) is 25.8. The summed E-state index contributed by atoms with van der Waals surface area (Å²) in [6, 6.07) is 5.80. The summed E-state index contributed by atoms with van der Waals surface area (Å²) in [5, 5.41) is 0.487. The van der Waals surface area contributed by atoms with Gasteiger partial charge in [-0.25, -0.2) is 10.7 Å². The van der Waals surface area contributed by atoms with Gasteiger partial charge in [0.2, 0.25) is 5.91 Å². The lowest BCUT2D eigenvalue weighted by atomic mass is 9.95. The Hall–Kier alpha value is -2.66. The lowest BCUT2D eigenvalue weighted by Crippen LogP contribution is -2.43. The Morgan fingerprint density at radius 3 is 2.71 bits per heavy atom. The number of benzene rings is 1. The lowest BCUT2D eigenvalue weighted by molar-refractivity contribution is -0.125. The highest BCUT2D eigenvalue weighted by molar-refractivity contribution is 14.2. The number of nitrogens with zero attached hydrogens (tertiary/aromatic N) is 8. The molecule has 0 bridgehead atoms. The number of halogens is 3. The Bertz CT molecular complexity index is 1660. The smallest absolute Gasteiger partial charge is 0.319 e. The van der Waals surface area contributed by atoms with Gasteiger partial charge in [0.05, 0.1) is 62.3 Å². The van der Waals surface area contributed by atoms with Crippen molar-refractivity contribution in [1.82, 2.24) is 26.1 Å². The first-order valence-corrected chi connectivity index (χ1v) is 17.2. The highest BCUT2D eigenvalue weighted by Gasteiger charge is 2.45. The molecule has 45 heavy (non-hydrogen) atoms. The van der Waals surface area contributed by atoms with Crippen molar-refractivity contribution in [3.05, 3.63) is 48.4 Å². The molecule has 2 aromatic heterocycles. The zero-order valence-corrected chi connectivity index (χ0v) is 30.1. The molecular weight excluding hydrogens is 801 g/mol. The van der Waals surface area contributed by atoms with Gasteiger partial charge in [0.1, 0.15) is 29.5 Å². The molecule has 3 aromatic rings. The third-order valence-corrected chi connectivity index (χ3v) is 10.9. The first-order chi connectivity index (χ1) is 21.6. The molecule has 1 atom stereocenters. The minimum Gasteiger partial charge on any atom is -0.461 e. The van der Waals surface area contributed by atoms with Gasteiger partial charge in [-0.3, -0.25) is 14.7 Å². The van der Waals surface area contributed by atoms with Crippen LogP contribution in [0.15, 0.2) is 42.0 Å². The van der Waals surface area contributed by atoms with Crippen LogP contribution in [0.3, 0.4) is 0 Å². The van der Waals surface area contributed by atoms with E-state index in [-0.39, 0.29) is 34.7 Å². The van der Waals surface area contributed by atoms with Gasteiger partial charge in [-0.1, -0.05) is 24.8 Å². The van der Waals surface area contributed by atoms with Gasteiger partial charge in [0.25, 0.3) is 0 Å². The average molecular weight is 839 g/mol. The Morgan fingerprint density at radius 2 is 2.00 bits per heavy atom. The van der Waals surface area contributed by atoms with E-state index in [1.54, 1.807) is 11.1 Å². The van der Waals surface area contributed by atoms with Crippen molar-refractivity contribution in [3.63, 3.8) is 0 Å². The molecule has 0 aliphatic carbocycles. The molecule has 10 nitrogen and oxygen atoms in total. The number of carbonyl (C=O) groups is 1. The number of pyridine rings is 1. The number of likely N-dealkylation sites (N-methyl/N-ethyl adjacent to an activating group) is 1. The molecule has 238 valence electrons. The van der Waals surface area contributed by atoms with Crippen LogP contribution in [0.5, 0.6) is 6.01 Å². The summed E-state index contributed by atoms with van der Waals surface area (Å²) in [5.41, 5.74) is 2.45. The molecule has 3 aliphatic rings. The van der Waals surface area contributed by atoms with E-state index in [1.165, 1.54) is 6.08 Å². The molecule has 0 N–H and O–H groups in total. The Labute approximate surface area is 291 Å². The molecule has 13 heteroatoms. The lowest BCUT2D eigenvalue weighted by Gasteiger charge is -2.31. The predicted octanol–water partition coefficient (Wildman–Crippen LogP) is 6.42. The Kier molecular flexibility index (Phi) is 9.48. The molecule has 3 saturated heterocycles. The fourth-order valence-corrected chi connectivity index (χ4v) is 7.18. The number of para-hydroxylation sites is 1. The predicted molar refractivity (Wildman–Crippen MR) is 192 cm³/mol. The maximum atomic E-state index is 16.8. The van der Waals surface area contributed by atoms with Crippen LogP contribution in [0.2, 0.25) is 0 Å². The second kappa shape index (κ2) is 13.2. The molecular formula is C32H37FI2N8O2. The van der Waals surface area contributed by atoms with Crippen molar-refractivity contribution in [2.45, 2.75) is 57.5 Å². The van der Waals surface area contributed by atoms with Crippen LogP contribution >= 0.6 is 45.7 Å². The molecule has 6 rings (SSSR count). The van der Waals surface area contributed by atoms with Crippen molar-refractivity contribution in [1.29, 1.82) is 0 Å². The Balaban J connectivity index is 1.44. The van der Waals surface area contributed by atoms with Gasteiger partial charge in [-0.2, -0.15) is 9.97 Å². The quantitative estimate of drug-likeness (QED) is 0.0845. The number of fused-ring (bicyclic) bond motifs is 2. The molecule has 3 fully saturated rings. The highest BCUT2D eigenvalue weighted by Crippen LogP contribution is 2.41. The number of ether oxygens (including phenoxy) is 1. The summed E-state index contributed by atoms with van der Waals surface area (Å²) in [7, 11) is 1.92. The van der Waals surface area contributed by atoms with Gasteiger partial charge in [0, 0.05) is 37.9 Å². The van der Waals surface area contributed by atoms with Gasteiger partial charge in [0.15, 0.2) is 5.82 Å². The van der Waals surface area contributed by atoms with Crippen molar-refractivity contribution < 1.29 is 13.9 Å². The number of hydrogen-bond acceptors (Lipinski definition) is 8. The van der Waals surface area contributed by atoms with Crippen LogP contribution in [-0.4, -0.2) is 89.2 Å². The molecule has 1 amide bonds. The molecule has 5 heterocycles. The number of amidine groups is 1. The maximum Gasteiger partial charge on any atom is 0.319 e. The van der Waals surface area contributed by atoms with Crippen LogP contribution in [-0.2, 0) is 4.79 Å². The normalized spacial score (nSPS) is 19.6. The second-order valence-corrected chi connectivity index (χ2v) is 15.9. The third kappa shape index (κ3) is 6.23. The molecule has 3 aliphatic heterocycles. The number of amides is 1. The van der Waals surface area contributed by atoms with E-state index in [4.69, 9.17) is 14.7 Å². The molecule has 0 radical (unpaired) electrons. The van der Waals surface area contributed by atoms with Gasteiger partial charge in [-0.05, 0) is 70.7 Å². The summed E-state index contributed by atoms with van der Waals surface area (Å²) in [6.45, 7) is 11.2. The number of rotatable bonds is 8. The first kappa shape index (κ1) is 32.3. The van der Waals surface area contributed by atoms with E-state index in [2.05, 4.69) is 67.2 Å². The van der Waals surface area contributed by atoms with E-state index in [0.717, 1.165) is 56.6 Å². The molecule has 1 unspecified atom stereocenters. The zero-order chi connectivity index (χ0) is 31.9. The number of aryl methyl sites for hydroxylation is 1. The van der Waals surface area contributed by atoms with E-state index < -0.39 is 5.82 Å².